The molecule has 0 radical (unpaired) electrons. The molecule has 0 aliphatic rings. The van der Waals surface area contributed by atoms with Crippen molar-refractivity contribution < 1.29 is 4.79 Å². The van der Waals surface area contributed by atoms with Gasteiger partial charge in [0.2, 0.25) is 0 Å². The number of aromatic nitrogens is 1. The number of nitrogens with one attached hydrogen (secondary N) is 1. The summed E-state index contributed by atoms with van der Waals surface area (Å²) >= 11 is 5.64. The fraction of sp³-hybridized carbons (Fsp3) is 0.222. The molecular weight excluding hydrogens is 188 g/mol. The predicted octanol–water partition coefficient (Wildman–Crippen LogP) is 1.37. The Morgan fingerprint density at radius 3 is 3.00 bits per heavy atom. The van der Waals surface area contributed by atoms with Crippen molar-refractivity contribution in [2.24, 2.45) is 0 Å². The topological polar surface area (TPSA) is 36.1 Å². The normalized spacial score (nSPS) is 9.31. The Labute approximate surface area is 81.7 Å². The van der Waals surface area contributed by atoms with Crippen LogP contribution in [0, 0.1) is 12.3 Å². The number of aromatic amines is 1. The fourth-order valence-corrected chi connectivity index (χ4v) is 1.07. The Balaban J connectivity index is 2.74. The van der Waals surface area contributed by atoms with Crippen molar-refractivity contribution in [3.05, 3.63) is 23.0 Å². The Morgan fingerprint density at radius 1 is 1.85 bits per heavy atom. The van der Waals surface area contributed by atoms with Gasteiger partial charge in [0.25, 0.3) is 5.91 Å². The van der Waals surface area contributed by atoms with Crippen LogP contribution in [-0.4, -0.2) is 29.4 Å². The second kappa shape index (κ2) is 4.01. The molecule has 0 saturated heterocycles. The molecule has 0 bridgehead atoms. The van der Waals surface area contributed by atoms with Crippen molar-refractivity contribution >= 4 is 17.5 Å². The van der Waals surface area contributed by atoms with Crippen LogP contribution in [0.5, 0.6) is 0 Å². The van der Waals surface area contributed by atoms with Gasteiger partial charge in [0, 0.05) is 13.2 Å². The maximum Gasteiger partial charge on any atom is 0.270 e. The van der Waals surface area contributed by atoms with Gasteiger partial charge in [-0.2, -0.15) is 0 Å². The van der Waals surface area contributed by atoms with E-state index < -0.39 is 0 Å². The van der Waals surface area contributed by atoms with Crippen LogP contribution in [0.25, 0.3) is 0 Å². The minimum absolute atomic E-state index is 0.162. The van der Waals surface area contributed by atoms with Crippen LogP contribution in [0.4, 0.5) is 0 Å². The summed E-state index contributed by atoms with van der Waals surface area (Å²) in [6, 6.07) is 1.57. The Hall–Kier alpha value is -1.40. The van der Waals surface area contributed by atoms with E-state index >= 15 is 0 Å². The first-order valence-corrected chi connectivity index (χ1v) is 4.06. The van der Waals surface area contributed by atoms with E-state index in [0.717, 1.165) is 0 Å². The third-order valence-electron chi connectivity index (χ3n) is 1.55. The minimum atomic E-state index is -0.162. The predicted molar refractivity (Wildman–Crippen MR) is 51.6 cm³/mol. The van der Waals surface area contributed by atoms with Crippen molar-refractivity contribution in [2.75, 3.05) is 13.6 Å². The first-order valence-electron chi connectivity index (χ1n) is 3.68. The molecule has 4 heteroatoms. The lowest BCUT2D eigenvalue weighted by Gasteiger charge is -2.11. The molecule has 1 aromatic rings. The van der Waals surface area contributed by atoms with Gasteiger partial charge in [-0.05, 0) is 6.07 Å². The molecule has 0 spiro atoms. The first kappa shape index (κ1) is 9.69. The van der Waals surface area contributed by atoms with Crippen molar-refractivity contribution in [3.63, 3.8) is 0 Å². The monoisotopic (exact) mass is 196 g/mol. The zero-order valence-corrected chi connectivity index (χ0v) is 7.93. The molecule has 0 unspecified atom stereocenters. The van der Waals surface area contributed by atoms with Gasteiger partial charge in [-0.25, -0.2) is 0 Å². The summed E-state index contributed by atoms with van der Waals surface area (Å²) in [6.07, 6.45) is 6.62. The van der Waals surface area contributed by atoms with Crippen LogP contribution >= 0.6 is 11.6 Å². The zero-order chi connectivity index (χ0) is 9.84. The van der Waals surface area contributed by atoms with E-state index in [1.807, 2.05) is 0 Å². The number of terminal acetylenes is 1. The number of amides is 1. The highest BCUT2D eigenvalue weighted by atomic mass is 35.5. The summed E-state index contributed by atoms with van der Waals surface area (Å²) in [4.78, 5) is 15.7. The molecule has 1 amide bonds. The average molecular weight is 197 g/mol. The Morgan fingerprint density at radius 2 is 2.54 bits per heavy atom. The molecule has 0 fully saturated rings. The smallest absolute Gasteiger partial charge is 0.270 e. The van der Waals surface area contributed by atoms with E-state index in [1.54, 1.807) is 19.3 Å². The summed E-state index contributed by atoms with van der Waals surface area (Å²) in [7, 11) is 1.64. The van der Waals surface area contributed by atoms with Crippen LogP contribution < -0.4 is 0 Å². The molecule has 0 aromatic carbocycles. The van der Waals surface area contributed by atoms with E-state index in [9.17, 15) is 4.79 Å². The van der Waals surface area contributed by atoms with E-state index in [4.69, 9.17) is 18.0 Å². The molecule has 13 heavy (non-hydrogen) atoms. The molecule has 0 aliphatic carbocycles. The van der Waals surface area contributed by atoms with Gasteiger partial charge < -0.3 is 9.88 Å². The van der Waals surface area contributed by atoms with Gasteiger partial charge in [-0.15, -0.1) is 6.42 Å². The lowest BCUT2D eigenvalue weighted by Crippen LogP contribution is -2.27. The molecule has 1 heterocycles. The van der Waals surface area contributed by atoms with E-state index in [1.165, 1.54) is 4.90 Å². The minimum Gasteiger partial charge on any atom is -0.356 e. The molecule has 0 atom stereocenters. The summed E-state index contributed by atoms with van der Waals surface area (Å²) in [6.45, 7) is 0.287. The van der Waals surface area contributed by atoms with Gasteiger partial charge >= 0.3 is 0 Å². The molecule has 0 aliphatic heterocycles. The van der Waals surface area contributed by atoms with E-state index in [0.29, 0.717) is 10.7 Å². The summed E-state index contributed by atoms with van der Waals surface area (Å²) < 4.78 is 0. The van der Waals surface area contributed by atoms with Gasteiger partial charge in [0.05, 0.1) is 11.6 Å². The zero-order valence-electron chi connectivity index (χ0n) is 7.17. The molecule has 68 valence electrons. The van der Waals surface area contributed by atoms with Gasteiger partial charge in [0.1, 0.15) is 5.69 Å². The number of carbonyl (C=O) groups excluding carboxylic acids is 1. The molecule has 1 N–H and O–H groups in total. The van der Waals surface area contributed by atoms with Gasteiger partial charge in [-0.1, -0.05) is 17.5 Å². The number of nitrogens with zero attached hydrogens (tertiary/aromatic N) is 1. The Kier molecular flexibility index (Phi) is 2.99. The highest BCUT2D eigenvalue weighted by molar-refractivity contribution is 6.30. The van der Waals surface area contributed by atoms with Crippen molar-refractivity contribution in [1.29, 1.82) is 0 Å². The second-order valence-corrected chi connectivity index (χ2v) is 3.03. The molecular formula is C9H9ClN2O. The fourth-order valence-electron chi connectivity index (χ4n) is 0.906. The maximum atomic E-state index is 11.5. The number of rotatable bonds is 2. The van der Waals surface area contributed by atoms with Gasteiger partial charge in [-0.3, -0.25) is 4.79 Å². The maximum absolute atomic E-state index is 11.5. The van der Waals surface area contributed by atoms with Crippen LogP contribution in [0.15, 0.2) is 12.3 Å². The molecule has 1 rings (SSSR count). The van der Waals surface area contributed by atoms with Crippen LogP contribution in [0.1, 0.15) is 10.5 Å². The number of carbonyl (C=O) groups is 1. The van der Waals surface area contributed by atoms with Crippen LogP contribution in [0.2, 0.25) is 5.02 Å². The van der Waals surface area contributed by atoms with E-state index in [-0.39, 0.29) is 12.5 Å². The number of hydrogen-bond acceptors (Lipinski definition) is 1. The average Bonchev–Trinajstić information content (AvgIpc) is 2.51. The van der Waals surface area contributed by atoms with Crippen LogP contribution in [0.3, 0.4) is 0 Å². The molecule has 0 saturated carbocycles. The van der Waals surface area contributed by atoms with E-state index in [2.05, 4.69) is 10.9 Å². The van der Waals surface area contributed by atoms with Crippen molar-refractivity contribution in [3.8, 4) is 12.3 Å². The quantitative estimate of drug-likeness (QED) is 0.713. The molecule has 1 aromatic heterocycles. The SMILES string of the molecule is C#CCN(C)C(=O)c1cc(Cl)c[nH]1. The van der Waals surface area contributed by atoms with Crippen molar-refractivity contribution in [2.45, 2.75) is 0 Å². The molecule has 3 nitrogen and oxygen atoms in total. The summed E-state index contributed by atoms with van der Waals surface area (Å²) in [5.74, 6) is 2.22. The highest BCUT2D eigenvalue weighted by Gasteiger charge is 2.11. The summed E-state index contributed by atoms with van der Waals surface area (Å²) in [5, 5.41) is 0.512. The third kappa shape index (κ3) is 2.27. The van der Waals surface area contributed by atoms with Crippen molar-refractivity contribution in [1.82, 2.24) is 9.88 Å². The third-order valence-corrected chi connectivity index (χ3v) is 1.77. The number of halogens is 1. The standard InChI is InChI=1S/C9H9ClN2O/c1-3-4-12(2)9(13)8-5-7(10)6-11-8/h1,5-6,11H,4H2,2H3. The number of hydrogen-bond donors (Lipinski definition) is 1. The second-order valence-electron chi connectivity index (χ2n) is 2.60. The number of H-pyrrole nitrogens is 1. The summed E-state index contributed by atoms with van der Waals surface area (Å²) in [5.41, 5.74) is 0.447. The Bertz CT molecular complexity index is 351. The van der Waals surface area contributed by atoms with Gasteiger partial charge in [0.15, 0.2) is 0 Å². The van der Waals surface area contributed by atoms with Crippen LogP contribution in [-0.2, 0) is 0 Å². The first-order chi connectivity index (χ1) is 6.15. The lowest BCUT2D eigenvalue weighted by atomic mass is 10.4. The largest absolute Gasteiger partial charge is 0.356 e. The highest BCUT2D eigenvalue weighted by Crippen LogP contribution is 2.10. The lowest BCUT2D eigenvalue weighted by molar-refractivity contribution is 0.0807.